The van der Waals surface area contributed by atoms with Gasteiger partial charge in [-0.1, -0.05) is 31.4 Å². The molecule has 4 rings (SSSR count). The van der Waals surface area contributed by atoms with Gasteiger partial charge < -0.3 is 20.6 Å². The van der Waals surface area contributed by atoms with E-state index in [-0.39, 0.29) is 5.91 Å². The largest absolute Gasteiger partial charge is 0.351 e. The Morgan fingerprint density at radius 2 is 1.56 bits per heavy atom. The number of nitrogens with one attached hydrogen (secondary N) is 4. The van der Waals surface area contributed by atoms with Crippen molar-refractivity contribution in [2.75, 3.05) is 13.1 Å². The summed E-state index contributed by atoms with van der Waals surface area (Å²) < 4.78 is 0. The normalized spacial score (nSPS) is 14.7. The van der Waals surface area contributed by atoms with Crippen LogP contribution in [0, 0.1) is 0 Å². The van der Waals surface area contributed by atoms with Gasteiger partial charge in [0.05, 0.1) is 13.1 Å². The van der Waals surface area contributed by atoms with Gasteiger partial charge in [-0.2, -0.15) is 0 Å². The van der Waals surface area contributed by atoms with Crippen LogP contribution in [0.5, 0.6) is 0 Å². The number of aromatic amines is 2. The molecule has 1 fully saturated rings. The highest BCUT2D eigenvalue weighted by molar-refractivity contribution is 5.94. The van der Waals surface area contributed by atoms with E-state index in [0.29, 0.717) is 31.2 Å². The van der Waals surface area contributed by atoms with Crippen LogP contribution in [0.2, 0.25) is 0 Å². The second-order valence-electron chi connectivity index (χ2n) is 8.46. The number of aromatic nitrogens is 4. The molecule has 4 N–H and O–H groups in total. The van der Waals surface area contributed by atoms with Gasteiger partial charge in [0.2, 0.25) is 0 Å². The van der Waals surface area contributed by atoms with Crippen LogP contribution >= 0.6 is 0 Å². The first-order valence-corrected chi connectivity index (χ1v) is 11.6. The highest BCUT2D eigenvalue weighted by atomic mass is 16.1. The lowest BCUT2D eigenvalue weighted by atomic mass is 9.95. The van der Waals surface area contributed by atoms with Crippen LogP contribution in [0.4, 0.5) is 0 Å². The van der Waals surface area contributed by atoms with Gasteiger partial charge in [-0.15, -0.1) is 0 Å². The van der Waals surface area contributed by atoms with E-state index in [2.05, 4.69) is 35.5 Å². The maximum atomic E-state index is 12.5. The maximum Gasteiger partial charge on any atom is 0.251 e. The van der Waals surface area contributed by atoms with Crippen LogP contribution in [-0.4, -0.2) is 49.9 Å². The van der Waals surface area contributed by atoms with Crippen molar-refractivity contribution < 1.29 is 4.79 Å². The van der Waals surface area contributed by atoms with Gasteiger partial charge in [-0.25, -0.2) is 9.97 Å². The standard InChI is InChI=1S/C24H33N7O/c32-24(30-15-10-25-21-4-2-1-3-5-21)20-8-6-19(7-9-20)16-31(17-22-26-11-12-27-22)18-23-28-13-14-29-23/h6-9,11-14,21,25H,1-5,10,15-18H2,(H,26,27)(H,28,29)(H,30,32). The third-order valence-corrected chi connectivity index (χ3v) is 5.93. The monoisotopic (exact) mass is 435 g/mol. The minimum Gasteiger partial charge on any atom is -0.351 e. The summed E-state index contributed by atoms with van der Waals surface area (Å²) in [6, 6.07) is 8.46. The van der Waals surface area contributed by atoms with Gasteiger partial charge in [-0.3, -0.25) is 9.69 Å². The van der Waals surface area contributed by atoms with Crippen molar-refractivity contribution in [1.82, 2.24) is 35.5 Å². The van der Waals surface area contributed by atoms with Crippen molar-refractivity contribution in [2.45, 2.75) is 57.8 Å². The fourth-order valence-corrected chi connectivity index (χ4v) is 4.24. The fraction of sp³-hybridized carbons (Fsp3) is 0.458. The topological polar surface area (TPSA) is 102 Å². The summed E-state index contributed by atoms with van der Waals surface area (Å²) in [7, 11) is 0. The molecule has 0 radical (unpaired) electrons. The first-order chi connectivity index (χ1) is 15.8. The summed E-state index contributed by atoms with van der Waals surface area (Å²) in [6.07, 6.45) is 13.7. The van der Waals surface area contributed by atoms with E-state index >= 15 is 0 Å². The summed E-state index contributed by atoms with van der Waals surface area (Å²) in [4.78, 5) is 29.7. The molecular formula is C24H33N7O. The van der Waals surface area contributed by atoms with Gasteiger partial charge in [0.25, 0.3) is 5.91 Å². The molecule has 8 heteroatoms. The average Bonchev–Trinajstić information content (AvgIpc) is 3.52. The zero-order valence-corrected chi connectivity index (χ0v) is 18.5. The van der Waals surface area contributed by atoms with Crippen LogP contribution in [0.15, 0.2) is 49.1 Å². The minimum atomic E-state index is -0.0231. The highest BCUT2D eigenvalue weighted by Crippen LogP contribution is 2.17. The zero-order chi connectivity index (χ0) is 22.0. The Kier molecular flexibility index (Phi) is 8.05. The second-order valence-corrected chi connectivity index (χ2v) is 8.46. The molecule has 170 valence electrons. The fourth-order valence-electron chi connectivity index (χ4n) is 4.24. The molecule has 32 heavy (non-hydrogen) atoms. The van der Waals surface area contributed by atoms with Crippen molar-refractivity contribution in [1.29, 1.82) is 0 Å². The predicted molar refractivity (Wildman–Crippen MR) is 124 cm³/mol. The lowest BCUT2D eigenvalue weighted by Crippen LogP contribution is -2.37. The molecule has 1 saturated carbocycles. The predicted octanol–water partition coefficient (Wildman–Crippen LogP) is 2.99. The number of hydrogen-bond donors (Lipinski definition) is 4. The number of benzene rings is 1. The molecule has 0 spiro atoms. The average molecular weight is 436 g/mol. The molecule has 0 unspecified atom stereocenters. The molecule has 2 aromatic heterocycles. The summed E-state index contributed by atoms with van der Waals surface area (Å²) in [5.41, 5.74) is 1.83. The van der Waals surface area contributed by atoms with E-state index in [1.807, 2.05) is 36.7 Å². The number of carbonyl (C=O) groups excluding carboxylic acids is 1. The summed E-state index contributed by atoms with van der Waals surface area (Å²) in [5.74, 6) is 1.80. The molecule has 1 aliphatic rings. The zero-order valence-electron chi connectivity index (χ0n) is 18.5. The molecule has 1 aromatic carbocycles. The van der Waals surface area contributed by atoms with Crippen LogP contribution in [0.3, 0.4) is 0 Å². The van der Waals surface area contributed by atoms with E-state index in [1.54, 1.807) is 12.4 Å². The lowest BCUT2D eigenvalue weighted by Gasteiger charge is -2.22. The number of H-pyrrole nitrogens is 2. The van der Waals surface area contributed by atoms with Crippen molar-refractivity contribution in [3.05, 3.63) is 71.8 Å². The number of carbonyl (C=O) groups is 1. The molecule has 0 aliphatic heterocycles. The highest BCUT2D eigenvalue weighted by Gasteiger charge is 2.13. The van der Waals surface area contributed by atoms with Crippen molar-refractivity contribution in [3.63, 3.8) is 0 Å². The van der Waals surface area contributed by atoms with Crippen LogP contribution in [-0.2, 0) is 19.6 Å². The SMILES string of the molecule is O=C(NCCNC1CCCCC1)c1ccc(CN(Cc2ncc[nH]2)Cc2ncc[nH]2)cc1. The number of nitrogens with zero attached hydrogens (tertiary/aromatic N) is 3. The van der Waals surface area contributed by atoms with Crippen LogP contribution in [0.25, 0.3) is 0 Å². The number of amides is 1. The third kappa shape index (κ3) is 6.77. The van der Waals surface area contributed by atoms with E-state index in [9.17, 15) is 4.79 Å². The van der Waals surface area contributed by atoms with Gasteiger partial charge in [-0.05, 0) is 30.5 Å². The van der Waals surface area contributed by atoms with Gasteiger partial charge in [0, 0.05) is 56.0 Å². The molecule has 8 nitrogen and oxygen atoms in total. The second kappa shape index (κ2) is 11.6. The molecule has 2 heterocycles. The number of hydrogen-bond acceptors (Lipinski definition) is 5. The van der Waals surface area contributed by atoms with Gasteiger partial charge in [0.1, 0.15) is 11.6 Å². The smallest absolute Gasteiger partial charge is 0.251 e. The van der Waals surface area contributed by atoms with Crippen molar-refractivity contribution in [2.24, 2.45) is 0 Å². The Hall–Kier alpha value is -2.97. The molecular weight excluding hydrogens is 402 g/mol. The lowest BCUT2D eigenvalue weighted by molar-refractivity contribution is 0.0953. The van der Waals surface area contributed by atoms with Gasteiger partial charge in [0.15, 0.2) is 0 Å². The summed E-state index contributed by atoms with van der Waals surface area (Å²) in [6.45, 7) is 3.57. The van der Waals surface area contributed by atoms with E-state index in [0.717, 1.165) is 30.3 Å². The molecule has 0 saturated heterocycles. The summed E-state index contributed by atoms with van der Waals surface area (Å²) >= 11 is 0. The maximum absolute atomic E-state index is 12.5. The summed E-state index contributed by atoms with van der Waals surface area (Å²) in [5, 5.41) is 6.58. The number of rotatable bonds is 11. The number of imidazole rings is 2. The Labute approximate surface area is 189 Å². The Morgan fingerprint density at radius 3 is 2.16 bits per heavy atom. The Morgan fingerprint density at radius 1 is 0.906 bits per heavy atom. The quantitative estimate of drug-likeness (QED) is 0.347. The van der Waals surface area contributed by atoms with Crippen LogP contribution < -0.4 is 10.6 Å². The first kappa shape index (κ1) is 22.2. The first-order valence-electron chi connectivity index (χ1n) is 11.6. The van der Waals surface area contributed by atoms with Crippen molar-refractivity contribution in [3.8, 4) is 0 Å². The van der Waals surface area contributed by atoms with Crippen LogP contribution in [0.1, 0.15) is 59.7 Å². The van der Waals surface area contributed by atoms with Gasteiger partial charge >= 0.3 is 0 Å². The van der Waals surface area contributed by atoms with Crippen molar-refractivity contribution >= 4 is 5.91 Å². The van der Waals surface area contributed by atoms with E-state index < -0.39 is 0 Å². The van der Waals surface area contributed by atoms with E-state index in [1.165, 1.54) is 32.1 Å². The molecule has 1 amide bonds. The molecule has 0 atom stereocenters. The third-order valence-electron chi connectivity index (χ3n) is 5.93. The van der Waals surface area contributed by atoms with E-state index in [4.69, 9.17) is 0 Å². The molecule has 0 bridgehead atoms. The molecule has 3 aromatic rings. The Balaban J connectivity index is 1.26. The minimum absolute atomic E-state index is 0.0231. The Bertz CT molecular complexity index is 880. The molecule has 1 aliphatic carbocycles.